The summed E-state index contributed by atoms with van der Waals surface area (Å²) in [4.78, 5) is 25.5. The number of halogens is 1. The number of nitrogens with zero attached hydrogens (tertiary/aromatic N) is 1. The fourth-order valence-corrected chi connectivity index (χ4v) is 2.48. The number of hydrogen-bond donors (Lipinski definition) is 0. The first-order valence-electron chi connectivity index (χ1n) is 6.22. The molecule has 1 aromatic carbocycles. The van der Waals surface area contributed by atoms with Gasteiger partial charge in [-0.1, -0.05) is 44.2 Å². The summed E-state index contributed by atoms with van der Waals surface area (Å²) in [7, 11) is 0. The van der Waals surface area contributed by atoms with Gasteiger partial charge in [0, 0.05) is 0 Å². The third-order valence-corrected chi connectivity index (χ3v) is 3.56. The number of carbonyl (C=O) groups is 2. The van der Waals surface area contributed by atoms with Crippen molar-refractivity contribution in [3.05, 3.63) is 47.5 Å². The van der Waals surface area contributed by atoms with E-state index in [1.807, 2.05) is 13.8 Å². The van der Waals surface area contributed by atoms with Crippen LogP contribution in [0.2, 0.25) is 0 Å². The van der Waals surface area contributed by atoms with E-state index in [9.17, 15) is 9.59 Å². The zero-order chi connectivity index (χ0) is 14.2. The van der Waals surface area contributed by atoms with Crippen LogP contribution in [-0.4, -0.2) is 22.2 Å². The molecular weight excluding hydrogens is 262 g/mol. The number of fused-ring (bicyclic) bond motifs is 1. The zero-order valence-corrected chi connectivity index (χ0v) is 11.8. The number of benzene rings is 1. The summed E-state index contributed by atoms with van der Waals surface area (Å²) in [5.41, 5.74) is 0.729. The van der Waals surface area contributed by atoms with Crippen molar-refractivity contribution in [2.75, 3.05) is 0 Å². The Bertz CT molecular complexity index is 516. The monoisotopic (exact) mass is 277 g/mol. The van der Waals surface area contributed by atoms with Gasteiger partial charge < -0.3 is 0 Å². The lowest BCUT2D eigenvalue weighted by molar-refractivity contribution is 0.0647. The van der Waals surface area contributed by atoms with Gasteiger partial charge in [-0.05, 0) is 30.0 Å². The molecular formula is C15H16ClNO2. The molecule has 100 valence electrons. The van der Waals surface area contributed by atoms with Gasteiger partial charge in [0.1, 0.15) is 5.50 Å². The van der Waals surface area contributed by atoms with E-state index in [1.54, 1.807) is 24.3 Å². The fourth-order valence-electron chi connectivity index (χ4n) is 2.22. The first-order chi connectivity index (χ1) is 8.93. The summed E-state index contributed by atoms with van der Waals surface area (Å²) in [6.45, 7) is 7.97. The van der Waals surface area contributed by atoms with E-state index in [0.29, 0.717) is 29.0 Å². The van der Waals surface area contributed by atoms with Crippen molar-refractivity contribution >= 4 is 23.4 Å². The average Bonchev–Trinajstić information content (AvgIpc) is 2.61. The predicted octanol–water partition coefficient (Wildman–Crippen LogP) is 3.45. The molecule has 2 amide bonds. The highest BCUT2D eigenvalue weighted by Gasteiger charge is 2.39. The number of imide groups is 1. The van der Waals surface area contributed by atoms with Crippen LogP contribution >= 0.6 is 11.6 Å². The fraction of sp³-hybridized carbons (Fsp3) is 0.333. The first-order valence-corrected chi connectivity index (χ1v) is 6.65. The van der Waals surface area contributed by atoms with Crippen molar-refractivity contribution in [1.82, 2.24) is 4.90 Å². The van der Waals surface area contributed by atoms with Crippen LogP contribution < -0.4 is 0 Å². The van der Waals surface area contributed by atoms with Crippen LogP contribution in [0.3, 0.4) is 0 Å². The zero-order valence-electron chi connectivity index (χ0n) is 11.0. The standard InChI is InChI=1S/C15H16ClNO2/c1-9(2)8-10(3)13(16)17-14(18)11-6-4-5-7-12(11)15(17)19/h4-7,9,13H,3,8H2,1-2H3. The highest BCUT2D eigenvalue weighted by atomic mass is 35.5. The largest absolute Gasteiger partial charge is 0.269 e. The van der Waals surface area contributed by atoms with Gasteiger partial charge in [-0.2, -0.15) is 0 Å². The third-order valence-electron chi connectivity index (χ3n) is 3.06. The van der Waals surface area contributed by atoms with Crippen LogP contribution in [0.15, 0.2) is 36.4 Å². The van der Waals surface area contributed by atoms with Gasteiger partial charge in [0.2, 0.25) is 0 Å². The Labute approximate surface area is 117 Å². The second-order valence-electron chi connectivity index (χ2n) is 5.12. The topological polar surface area (TPSA) is 37.4 Å². The molecule has 0 bridgehead atoms. The maximum atomic E-state index is 12.2. The summed E-state index contributed by atoms with van der Waals surface area (Å²) >= 11 is 6.25. The molecule has 1 aliphatic rings. The molecule has 3 nitrogen and oxygen atoms in total. The Morgan fingerprint density at radius 3 is 2.11 bits per heavy atom. The van der Waals surface area contributed by atoms with E-state index < -0.39 is 5.50 Å². The first kappa shape index (κ1) is 13.8. The van der Waals surface area contributed by atoms with E-state index in [4.69, 9.17) is 11.6 Å². The molecule has 0 saturated heterocycles. The van der Waals surface area contributed by atoms with Crippen LogP contribution in [0.5, 0.6) is 0 Å². The summed E-state index contributed by atoms with van der Waals surface area (Å²) in [5.74, 6) is -0.306. The summed E-state index contributed by atoms with van der Waals surface area (Å²) < 4.78 is 0. The van der Waals surface area contributed by atoms with Crippen LogP contribution in [0.1, 0.15) is 41.0 Å². The Kier molecular flexibility index (Phi) is 3.76. The van der Waals surface area contributed by atoms with Gasteiger partial charge in [-0.3, -0.25) is 14.5 Å². The van der Waals surface area contributed by atoms with Gasteiger partial charge >= 0.3 is 0 Å². The predicted molar refractivity (Wildman–Crippen MR) is 75.2 cm³/mol. The molecule has 0 radical (unpaired) electrons. The molecule has 1 atom stereocenters. The number of rotatable bonds is 4. The quantitative estimate of drug-likeness (QED) is 0.366. The van der Waals surface area contributed by atoms with Crippen LogP contribution in [-0.2, 0) is 0 Å². The molecule has 1 unspecified atom stereocenters. The number of alkyl halides is 1. The van der Waals surface area contributed by atoms with E-state index in [1.165, 1.54) is 0 Å². The maximum Gasteiger partial charge on any atom is 0.263 e. The highest BCUT2D eigenvalue weighted by Crippen LogP contribution is 2.29. The van der Waals surface area contributed by atoms with Crippen LogP contribution in [0.25, 0.3) is 0 Å². The summed E-state index contributed by atoms with van der Waals surface area (Å²) in [6.07, 6.45) is 0.682. The molecule has 0 saturated carbocycles. The molecule has 2 rings (SSSR count). The Balaban J connectivity index is 2.27. The second-order valence-corrected chi connectivity index (χ2v) is 5.53. The minimum absolute atomic E-state index is 0.342. The minimum Gasteiger partial charge on any atom is -0.269 e. The smallest absolute Gasteiger partial charge is 0.263 e. The van der Waals surface area contributed by atoms with Crippen molar-refractivity contribution in [2.45, 2.75) is 25.8 Å². The Hall–Kier alpha value is -1.61. The molecule has 1 heterocycles. The van der Waals surface area contributed by atoms with Crippen molar-refractivity contribution in [3.63, 3.8) is 0 Å². The van der Waals surface area contributed by atoms with Crippen molar-refractivity contribution < 1.29 is 9.59 Å². The lowest BCUT2D eigenvalue weighted by Gasteiger charge is -2.23. The number of carbonyl (C=O) groups excluding carboxylic acids is 2. The lowest BCUT2D eigenvalue weighted by atomic mass is 10.0. The number of hydrogen-bond acceptors (Lipinski definition) is 2. The van der Waals surface area contributed by atoms with Crippen molar-refractivity contribution in [1.29, 1.82) is 0 Å². The molecule has 0 N–H and O–H groups in total. The van der Waals surface area contributed by atoms with E-state index in [0.717, 1.165) is 4.90 Å². The summed E-state index contributed by atoms with van der Waals surface area (Å²) in [6, 6.07) is 6.76. The highest BCUT2D eigenvalue weighted by molar-refractivity contribution is 6.30. The van der Waals surface area contributed by atoms with Crippen LogP contribution in [0.4, 0.5) is 0 Å². The lowest BCUT2D eigenvalue weighted by Crippen LogP contribution is -2.37. The molecule has 0 aromatic heterocycles. The van der Waals surface area contributed by atoms with Gasteiger partial charge in [0.25, 0.3) is 11.8 Å². The van der Waals surface area contributed by atoms with Crippen molar-refractivity contribution in [3.8, 4) is 0 Å². The van der Waals surface area contributed by atoms with E-state index in [2.05, 4.69) is 6.58 Å². The summed E-state index contributed by atoms with van der Waals surface area (Å²) in [5, 5.41) is 0. The number of amides is 2. The normalized spacial score (nSPS) is 15.9. The average molecular weight is 278 g/mol. The Morgan fingerprint density at radius 1 is 1.21 bits per heavy atom. The molecule has 1 aliphatic heterocycles. The van der Waals surface area contributed by atoms with Gasteiger partial charge in [-0.15, -0.1) is 0 Å². The van der Waals surface area contributed by atoms with E-state index in [-0.39, 0.29) is 11.8 Å². The third kappa shape index (κ3) is 2.43. The van der Waals surface area contributed by atoms with E-state index >= 15 is 0 Å². The second kappa shape index (κ2) is 5.17. The van der Waals surface area contributed by atoms with Crippen LogP contribution in [0, 0.1) is 5.92 Å². The van der Waals surface area contributed by atoms with Gasteiger partial charge in [0.05, 0.1) is 11.1 Å². The minimum atomic E-state index is -0.783. The molecule has 0 aliphatic carbocycles. The molecule has 1 aromatic rings. The molecule has 4 heteroatoms. The molecule has 0 spiro atoms. The molecule has 0 fully saturated rings. The molecule has 19 heavy (non-hydrogen) atoms. The Morgan fingerprint density at radius 2 is 1.68 bits per heavy atom. The van der Waals surface area contributed by atoms with Gasteiger partial charge in [0.15, 0.2) is 0 Å². The van der Waals surface area contributed by atoms with Gasteiger partial charge in [-0.25, -0.2) is 0 Å². The SMILES string of the molecule is C=C(CC(C)C)C(Cl)N1C(=O)c2ccccc2C1=O. The van der Waals surface area contributed by atoms with Crippen molar-refractivity contribution in [2.24, 2.45) is 5.92 Å². The maximum absolute atomic E-state index is 12.2.